The SMILES string of the molecule is Cc1[nH]nnc1SCC1=C(C(=O)O)N2C(=O)C(N)[C@H]2SC1. The van der Waals surface area contributed by atoms with E-state index in [1.54, 1.807) is 0 Å². The molecule has 1 amide bonds. The Morgan fingerprint density at radius 3 is 3.05 bits per heavy atom. The first-order valence-corrected chi connectivity index (χ1v) is 8.20. The van der Waals surface area contributed by atoms with Gasteiger partial charge in [0.2, 0.25) is 5.91 Å². The van der Waals surface area contributed by atoms with Gasteiger partial charge in [-0.1, -0.05) is 17.0 Å². The maximum Gasteiger partial charge on any atom is 0.352 e. The quantitative estimate of drug-likeness (QED) is 0.512. The number of nitrogens with two attached hydrogens (primary N) is 1. The van der Waals surface area contributed by atoms with Crippen molar-refractivity contribution in [3.63, 3.8) is 0 Å². The lowest BCUT2D eigenvalue weighted by Gasteiger charge is -2.48. The van der Waals surface area contributed by atoms with Gasteiger partial charge in [-0.05, 0) is 12.5 Å². The van der Waals surface area contributed by atoms with Crippen molar-refractivity contribution in [1.29, 1.82) is 0 Å². The Balaban J connectivity index is 1.83. The van der Waals surface area contributed by atoms with Crippen molar-refractivity contribution in [3.05, 3.63) is 17.0 Å². The van der Waals surface area contributed by atoms with Gasteiger partial charge in [-0.2, -0.15) is 0 Å². The number of carbonyl (C=O) groups is 2. The molecule has 1 aromatic rings. The van der Waals surface area contributed by atoms with Crippen molar-refractivity contribution in [2.24, 2.45) is 5.73 Å². The van der Waals surface area contributed by atoms with Crippen molar-refractivity contribution in [2.45, 2.75) is 23.4 Å². The molecule has 0 spiro atoms. The number of aryl methyl sites for hydroxylation is 1. The summed E-state index contributed by atoms with van der Waals surface area (Å²) in [6.45, 7) is 1.85. The van der Waals surface area contributed by atoms with Gasteiger partial charge in [0.25, 0.3) is 0 Å². The summed E-state index contributed by atoms with van der Waals surface area (Å²) in [5.41, 5.74) is 7.31. The number of carboxylic acids is 1. The van der Waals surface area contributed by atoms with E-state index >= 15 is 0 Å². The minimum Gasteiger partial charge on any atom is -0.477 e. The molecular weight excluding hydrogens is 314 g/mol. The van der Waals surface area contributed by atoms with Crippen LogP contribution in [0.4, 0.5) is 0 Å². The molecule has 0 aliphatic carbocycles. The molecule has 0 aromatic carbocycles. The van der Waals surface area contributed by atoms with Crippen LogP contribution in [0.5, 0.6) is 0 Å². The highest BCUT2D eigenvalue weighted by Gasteiger charge is 2.51. The van der Waals surface area contributed by atoms with Crippen molar-refractivity contribution in [2.75, 3.05) is 11.5 Å². The van der Waals surface area contributed by atoms with Gasteiger partial charge in [0.1, 0.15) is 22.1 Å². The molecule has 21 heavy (non-hydrogen) atoms. The summed E-state index contributed by atoms with van der Waals surface area (Å²) in [6.07, 6.45) is 0. The minimum absolute atomic E-state index is 0.0686. The smallest absolute Gasteiger partial charge is 0.352 e. The number of thioether (sulfide) groups is 2. The number of β-lactam (4-membered cyclic amide) rings is 1. The zero-order valence-corrected chi connectivity index (χ0v) is 12.7. The van der Waals surface area contributed by atoms with Crippen LogP contribution in [0.15, 0.2) is 16.3 Å². The summed E-state index contributed by atoms with van der Waals surface area (Å²) in [5.74, 6) is -0.417. The minimum atomic E-state index is -1.09. The number of aliphatic carboxylic acids is 1. The van der Waals surface area contributed by atoms with Crippen LogP contribution in [-0.4, -0.2) is 60.2 Å². The number of nitrogens with zero attached hydrogens (tertiary/aromatic N) is 3. The lowest BCUT2D eigenvalue weighted by molar-refractivity contribution is -0.147. The zero-order valence-electron chi connectivity index (χ0n) is 11.1. The van der Waals surface area contributed by atoms with Gasteiger partial charge in [-0.3, -0.25) is 14.8 Å². The maximum atomic E-state index is 11.8. The highest BCUT2D eigenvalue weighted by atomic mass is 32.2. The van der Waals surface area contributed by atoms with E-state index < -0.39 is 12.0 Å². The molecule has 0 bridgehead atoms. The molecule has 112 valence electrons. The molecule has 4 N–H and O–H groups in total. The van der Waals surface area contributed by atoms with Gasteiger partial charge in [0, 0.05) is 11.5 Å². The molecule has 1 aromatic heterocycles. The lowest BCUT2D eigenvalue weighted by Crippen LogP contribution is -2.68. The average molecular weight is 327 g/mol. The Morgan fingerprint density at radius 2 is 2.43 bits per heavy atom. The first-order valence-electron chi connectivity index (χ1n) is 6.16. The van der Waals surface area contributed by atoms with Crippen molar-refractivity contribution < 1.29 is 14.7 Å². The number of fused-ring (bicyclic) bond motifs is 1. The summed E-state index contributed by atoms with van der Waals surface area (Å²) in [5, 5.41) is 20.2. The summed E-state index contributed by atoms with van der Waals surface area (Å²) >= 11 is 2.90. The number of hydrogen-bond donors (Lipinski definition) is 3. The predicted octanol–water partition coefficient (Wildman–Crippen LogP) is -0.214. The number of H-pyrrole nitrogens is 1. The Morgan fingerprint density at radius 1 is 1.67 bits per heavy atom. The predicted molar refractivity (Wildman–Crippen MR) is 77.6 cm³/mol. The third-order valence-electron chi connectivity index (χ3n) is 3.35. The van der Waals surface area contributed by atoms with Gasteiger partial charge < -0.3 is 10.8 Å². The number of carbonyl (C=O) groups excluding carboxylic acids is 1. The number of hydrogen-bond acceptors (Lipinski definition) is 7. The Hall–Kier alpha value is -1.52. The largest absolute Gasteiger partial charge is 0.477 e. The number of carboxylic acid groups (broad SMARTS) is 1. The van der Waals surface area contributed by atoms with Crippen LogP contribution in [0.25, 0.3) is 0 Å². The molecule has 3 heterocycles. The number of aromatic nitrogens is 3. The van der Waals surface area contributed by atoms with Crippen molar-refractivity contribution in [1.82, 2.24) is 20.3 Å². The van der Waals surface area contributed by atoms with Gasteiger partial charge in [-0.15, -0.1) is 16.9 Å². The van der Waals surface area contributed by atoms with E-state index in [1.807, 2.05) is 6.92 Å². The van der Waals surface area contributed by atoms with Gasteiger partial charge >= 0.3 is 5.97 Å². The Kier molecular flexibility index (Phi) is 3.68. The van der Waals surface area contributed by atoms with Crippen molar-refractivity contribution in [3.8, 4) is 0 Å². The maximum absolute atomic E-state index is 11.8. The summed E-state index contributed by atoms with van der Waals surface area (Å²) in [6, 6.07) is -0.601. The molecule has 1 unspecified atom stereocenters. The summed E-state index contributed by atoms with van der Waals surface area (Å²) in [4.78, 5) is 24.6. The standard InChI is InChI=1S/C11H13N5O3S2/c1-4-8(14-15-13-4)20-2-5-3-21-10-6(12)9(17)16(10)7(5)11(18)19/h6,10H,2-3,12H2,1H3,(H,18,19)(H,13,14,15)/t6?,10-/m1/s1. The molecule has 2 aliphatic heterocycles. The number of nitrogens with one attached hydrogen (secondary N) is 1. The highest BCUT2D eigenvalue weighted by Crippen LogP contribution is 2.40. The molecule has 1 saturated heterocycles. The zero-order chi connectivity index (χ0) is 15.1. The molecule has 2 aliphatic rings. The average Bonchev–Trinajstić information content (AvgIpc) is 2.88. The fourth-order valence-corrected chi connectivity index (χ4v) is 4.58. The second kappa shape index (κ2) is 5.35. The summed E-state index contributed by atoms with van der Waals surface area (Å²) in [7, 11) is 0. The van der Waals surface area contributed by atoms with Crippen LogP contribution in [0, 0.1) is 6.92 Å². The van der Waals surface area contributed by atoms with E-state index in [0.717, 1.165) is 10.7 Å². The van der Waals surface area contributed by atoms with Gasteiger partial charge in [0.05, 0.1) is 5.69 Å². The molecule has 1 fully saturated rings. The Labute approximate surface area is 128 Å². The van der Waals surface area contributed by atoms with E-state index in [-0.39, 0.29) is 17.0 Å². The molecule has 0 radical (unpaired) electrons. The second-order valence-corrected chi connectivity index (χ2v) is 6.79. The van der Waals surface area contributed by atoms with Crippen LogP contribution in [-0.2, 0) is 9.59 Å². The monoisotopic (exact) mass is 327 g/mol. The first-order chi connectivity index (χ1) is 10.0. The second-order valence-electron chi connectivity index (χ2n) is 4.72. The fourth-order valence-electron chi connectivity index (χ4n) is 2.25. The molecule has 8 nitrogen and oxygen atoms in total. The van der Waals surface area contributed by atoms with E-state index in [2.05, 4.69) is 15.4 Å². The van der Waals surface area contributed by atoms with Crippen LogP contribution >= 0.6 is 23.5 Å². The topological polar surface area (TPSA) is 125 Å². The first kappa shape index (κ1) is 14.4. The van der Waals surface area contributed by atoms with E-state index in [9.17, 15) is 14.7 Å². The van der Waals surface area contributed by atoms with Crippen LogP contribution < -0.4 is 5.73 Å². The van der Waals surface area contributed by atoms with E-state index in [0.29, 0.717) is 17.1 Å². The molecule has 2 atom stereocenters. The lowest BCUT2D eigenvalue weighted by atomic mass is 10.0. The third kappa shape index (κ3) is 2.32. The Bertz CT molecular complexity index is 644. The van der Waals surface area contributed by atoms with Crippen LogP contribution in [0.2, 0.25) is 0 Å². The molecule has 10 heteroatoms. The van der Waals surface area contributed by atoms with E-state index in [4.69, 9.17) is 5.73 Å². The number of amides is 1. The third-order valence-corrected chi connectivity index (χ3v) is 5.87. The molecule has 0 saturated carbocycles. The van der Waals surface area contributed by atoms with Crippen LogP contribution in [0.1, 0.15) is 5.69 Å². The number of aromatic amines is 1. The van der Waals surface area contributed by atoms with Crippen LogP contribution in [0.3, 0.4) is 0 Å². The molecule has 3 rings (SSSR count). The van der Waals surface area contributed by atoms with Gasteiger partial charge in [0.15, 0.2) is 0 Å². The van der Waals surface area contributed by atoms with E-state index in [1.165, 1.54) is 28.4 Å². The summed E-state index contributed by atoms with van der Waals surface area (Å²) < 4.78 is 0. The van der Waals surface area contributed by atoms with Gasteiger partial charge in [-0.25, -0.2) is 4.79 Å². The normalized spacial score (nSPS) is 24.9. The molecular formula is C11H13N5O3S2. The number of rotatable bonds is 4. The van der Waals surface area contributed by atoms with Crippen molar-refractivity contribution >= 4 is 35.4 Å². The fraction of sp³-hybridized carbons (Fsp3) is 0.455. The highest BCUT2D eigenvalue weighted by molar-refractivity contribution is 8.01.